The Kier molecular flexibility index (Phi) is 5.61. The van der Waals surface area contributed by atoms with Crippen molar-refractivity contribution in [2.24, 2.45) is 4.99 Å². The van der Waals surface area contributed by atoms with Gasteiger partial charge < -0.3 is 9.64 Å². The number of benzene rings is 2. The van der Waals surface area contributed by atoms with Crippen molar-refractivity contribution in [2.45, 2.75) is 19.2 Å². The molecule has 26 heavy (non-hydrogen) atoms. The molecule has 2 aromatic rings. The molecule has 0 aromatic heterocycles. The quantitative estimate of drug-likeness (QED) is 0.753. The molecular formula is C20H21F3N2O. The van der Waals surface area contributed by atoms with Gasteiger partial charge in [-0.1, -0.05) is 42.5 Å². The van der Waals surface area contributed by atoms with E-state index < -0.39 is 17.8 Å². The number of aliphatic imine (C=N–C) groups is 1. The van der Waals surface area contributed by atoms with E-state index in [0.717, 1.165) is 36.6 Å². The van der Waals surface area contributed by atoms with Gasteiger partial charge >= 0.3 is 6.18 Å². The maximum Gasteiger partial charge on any atom is 0.416 e. The summed E-state index contributed by atoms with van der Waals surface area (Å²) in [5, 5.41) is 0. The van der Waals surface area contributed by atoms with Crippen molar-refractivity contribution in [2.75, 3.05) is 26.2 Å². The predicted octanol–water partition coefficient (Wildman–Crippen LogP) is 4.55. The van der Waals surface area contributed by atoms with Crippen LogP contribution in [0.3, 0.4) is 0 Å². The van der Waals surface area contributed by atoms with Crippen LogP contribution in [0.2, 0.25) is 0 Å². The van der Waals surface area contributed by atoms with Crippen molar-refractivity contribution in [3.63, 3.8) is 0 Å². The second kappa shape index (κ2) is 7.91. The van der Waals surface area contributed by atoms with Crippen molar-refractivity contribution in [1.82, 2.24) is 4.90 Å². The van der Waals surface area contributed by atoms with Gasteiger partial charge in [0.1, 0.15) is 6.10 Å². The molecule has 2 aromatic carbocycles. The van der Waals surface area contributed by atoms with Crippen LogP contribution in [0.15, 0.2) is 59.6 Å². The van der Waals surface area contributed by atoms with Crippen LogP contribution in [-0.2, 0) is 10.9 Å². The van der Waals surface area contributed by atoms with Crippen LogP contribution < -0.4 is 0 Å². The zero-order valence-electron chi connectivity index (χ0n) is 14.5. The molecule has 1 aliphatic heterocycles. The van der Waals surface area contributed by atoms with E-state index in [1.807, 2.05) is 37.3 Å². The Balaban J connectivity index is 1.74. The third-order valence-corrected chi connectivity index (χ3v) is 4.46. The van der Waals surface area contributed by atoms with Gasteiger partial charge in [0.25, 0.3) is 0 Å². The van der Waals surface area contributed by atoms with Gasteiger partial charge in [0.05, 0.1) is 24.6 Å². The fraction of sp³-hybridized carbons (Fsp3) is 0.350. The first-order chi connectivity index (χ1) is 12.4. The van der Waals surface area contributed by atoms with E-state index in [9.17, 15) is 13.2 Å². The van der Waals surface area contributed by atoms with Crippen LogP contribution in [0.1, 0.15) is 29.7 Å². The van der Waals surface area contributed by atoms with Crippen LogP contribution in [0.4, 0.5) is 13.2 Å². The molecule has 6 heteroatoms. The van der Waals surface area contributed by atoms with E-state index in [-0.39, 0.29) is 0 Å². The first-order valence-electron chi connectivity index (χ1n) is 8.55. The van der Waals surface area contributed by atoms with Crippen molar-refractivity contribution in [3.8, 4) is 0 Å². The first-order valence-corrected chi connectivity index (χ1v) is 8.55. The molecule has 0 fully saturated rings. The van der Waals surface area contributed by atoms with E-state index in [2.05, 4.69) is 9.89 Å². The van der Waals surface area contributed by atoms with Gasteiger partial charge in [0.15, 0.2) is 0 Å². The maximum absolute atomic E-state index is 12.8. The Morgan fingerprint density at radius 1 is 1.04 bits per heavy atom. The lowest BCUT2D eigenvalue weighted by Crippen LogP contribution is -2.30. The summed E-state index contributed by atoms with van der Waals surface area (Å²) in [6.45, 7) is 4.82. The molecular weight excluding hydrogens is 341 g/mol. The van der Waals surface area contributed by atoms with E-state index in [0.29, 0.717) is 18.7 Å². The Morgan fingerprint density at radius 2 is 1.69 bits per heavy atom. The van der Waals surface area contributed by atoms with Crippen LogP contribution >= 0.6 is 0 Å². The Morgan fingerprint density at radius 3 is 2.27 bits per heavy atom. The fourth-order valence-electron chi connectivity index (χ4n) is 3.01. The zero-order valence-corrected chi connectivity index (χ0v) is 14.5. The third-order valence-electron chi connectivity index (χ3n) is 4.46. The topological polar surface area (TPSA) is 24.8 Å². The van der Waals surface area contributed by atoms with Crippen molar-refractivity contribution >= 4 is 5.84 Å². The maximum atomic E-state index is 12.8. The highest BCUT2D eigenvalue weighted by atomic mass is 19.4. The molecule has 0 aliphatic carbocycles. The number of amidine groups is 1. The zero-order chi connectivity index (χ0) is 18.6. The molecule has 1 atom stereocenters. The van der Waals surface area contributed by atoms with Gasteiger partial charge in [-0.15, -0.1) is 0 Å². The Labute approximate surface area is 151 Å². The Hall–Kier alpha value is -2.34. The molecule has 0 radical (unpaired) electrons. The monoisotopic (exact) mass is 362 g/mol. The summed E-state index contributed by atoms with van der Waals surface area (Å²) < 4.78 is 44.5. The van der Waals surface area contributed by atoms with E-state index in [1.54, 1.807) is 0 Å². The first kappa shape index (κ1) is 18.5. The van der Waals surface area contributed by atoms with Gasteiger partial charge in [0, 0.05) is 13.1 Å². The van der Waals surface area contributed by atoms with Crippen molar-refractivity contribution in [3.05, 3.63) is 71.3 Å². The minimum Gasteiger partial charge on any atom is -0.367 e. The second-order valence-corrected chi connectivity index (χ2v) is 6.20. The summed E-state index contributed by atoms with van der Waals surface area (Å²) >= 11 is 0. The molecule has 0 bridgehead atoms. The third kappa shape index (κ3) is 4.43. The fourth-order valence-corrected chi connectivity index (χ4v) is 3.01. The predicted molar refractivity (Wildman–Crippen MR) is 95.2 cm³/mol. The smallest absolute Gasteiger partial charge is 0.367 e. The number of rotatable bonds is 6. The molecule has 138 valence electrons. The molecule has 1 unspecified atom stereocenters. The average Bonchev–Trinajstić information content (AvgIpc) is 3.04. The van der Waals surface area contributed by atoms with Gasteiger partial charge in [-0.25, -0.2) is 0 Å². The molecule has 0 saturated heterocycles. The molecule has 3 nitrogen and oxygen atoms in total. The van der Waals surface area contributed by atoms with Gasteiger partial charge in [-0.2, -0.15) is 13.2 Å². The number of hydrogen-bond acceptors (Lipinski definition) is 3. The number of alkyl halides is 3. The summed E-state index contributed by atoms with van der Waals surface area (Å²) in [5.41, 5.74) is 0.965. The van der Waals surface area contributed by atoms with Gasteiger partial charge in [-0.05, 0) is 30.2 Å². The van der Waals surface area contributed by atoms with E-state index in [4.69, 9.17) is 4.74 Å². The minimum atomic E-state index is -4.34. The second-order valence-electron chi connectivity index (χ2n) is 6.20. The standard InChI is InChI=1S/C20H21F3N2O/c1-15-24-11-12-25(15)13-14-26-19(16-5-3-2-4-6-16)17-7-9-18(10-8-17)20(21,22)23/h2-10,19H,11-14H2,1H3. The van der Waals surface area contributed by atoms with E-state index >= 15 is 0 Å². The molecule has 0 saturated carbocycles. The summed E-state index contributed by atoms with van der Waals surface area (Å²) in [4.78, 5) is 6.49. The lowest BCUT2D eigenvalue weighted by Gasteiger charge is -2.23. The largest absolute Gasteiger partial charge is 0.416 e. The summed E-state index contributed by atoms with van der Waals surface area (Å²) in [7, 11) is 0. The number of ether oxygens (including phenoxy) is 1. The number of halogens is 3. The SMILES string of the molecule is CC1=NCCN1CCOC(c1ccccc1)c1ccc(C(F)(F)F)cc1. The number of hydrogen-bond donors (Lipinski definition) is 0. The summed E-state index contributed by atoms with van der Waals surface area (Å²) in [6, 6.07) is 14.7. The lowest BCUT2D eigenvalue weighted by molar-refractivity contribution is -0.137. The average molecular weight is 362 g/mol. The van der Waals surface area contributed by atoms with Crippen LogP contribution in [0, 0.1) is 0 Å². The van der Waals surface area contributed by atoms with Crippen LogP contribution in [-0.4, -0.2) is 37.0 Å². The molecule has 1 aliphatic rings. The van der Waals surface area contributed by atoms with Crippen molar-refractivity contribution < 1.29 is 17.9 Å². The molecule has 0 spiro atoms. The van der Waals surface area contributed by atoms with E-state index in [1.165, 1.54) is 12.1 Å². The summed E-state index contributed by atoms with van der Waals surface area (Å²) in [5.74, 6) is 0.999. The molecule has 3 rings (SSSR count). The van der Waals surface area contributed by atoms with Gasteiger partial charge in [-0.3, -0.25) is 4.99 Å². The van der Waals surface area contributed by atoms with Crippen molar-refractivity contribution in [1.29, 1.82) is 0 Å². The van der Waals surface area contributed by atoms with Crippen LogP contribution in [0.5, 0.6) is 0 Å². The highest BCUT2D eigenvalue weighted by Crippen LogP contribution is 2.32. The Bertz CT molecular complexity index is 742. The minimum absolute atomic E-state index is 0.404. The highest BCUT2D eigenvalue weighted by molar-refractivity contribution is 5.81. The molecule has 0 N–H and O–H groups in total. The highest BCUT2D eigenvalue weighted by Gasteiger charge is 2.30. The molecule has 0 amide bonds. The van der Waals surface area contributed by atoms with Gasteiger partial charge in [0.2, 0.25) is 0 Å². The normalized spacial score (nSPS) is 15.8. The molecule has 1 heterocycles. The summed E-state index contributed by atoms with van der Waals surface area (Å²) in [6.07, 6.45) is -4.74. The number of nitrogens with zero attached hydrogens (tertiary/aromatic N) is 2. The van der Waals surface area contributed by atoms with Crippen LogP contribution in [0.25, 0.3) is 0 Å². The lowest BCUT2D eigenvalue weighted by atomic mass is 10.00.